The standard InChI is InChI=1S/C22H29N5O2/c1-3-10-25(2)22(28)21-15-26-11-9-17(21)12-19(26)14-27-13-18(23-24-27)16-29-20-7-5-4-6-8-20/h3-8,13,17,19,21H,1,9-12,14-16H2,2H3/p+1/t17-,19-,21+/m1/s1. The molecule has 7 heteroatoms. The van der Waals surface area contributed by atoms with Crippen molar-refractivity contribution in [1.29, 1.82) is 0 Å². The van der Waals surface area contributed by atoms with Crippen molar-refractivity contribution in [2.45, 2.75) is 32.0 Å². The van der Waals surface area contributed by atoms with Gasteiger partial charge in [0.1, 0.15) is 24.1 Å². The van der Waals surface area contributed by atoms with Gasteiger partial charge >= 0.3 is 0 Å². The van der Waals surface area contributed by atoms with Crippen molar-refractivity contribution < 1.29 is 14.4 Å². The fourth-order valence-electron chi connectivity index (χ4n) is 4.76. The number of fused-ring (bicyclic) bond motifs is 3. The minimum absolute atomic E-state index is 0.144. The molecule has 1 aromatic carbocycles. The van der Waals surface area contributed by atoms with E-state index in [-0.39, 0.29) is 11.8 Å². The molecule has 3 saturated heterocycles. The molecule has 2 aromatic rings. The van der Waals surface area contributed by atoms with Crippen LogP contribution in [0.15, 0.2) is 49.2 Å². The van der Waals surface area contributed by atoms with E-state index in [0.29, 0.717) is 25.1 Å². The summed E-state index contributed by atoms with van der Waals surface area (Å²) in [5, 5.41) is 8.55. The highest BCUT2D eigenvalue weighted by Gasteiger charge is 2.47. The fraction of sp³-hybridized carbons (Fsp3) is 0.500. The molecule has 0 aliphatic carbocycles. The molecule has 2 bridgehead atoms. The van der Waals surface area contributed by atoms with E-state index in [4.69, 9.17) is 4.74 Å². The zero-order chi connectivity index (χ0) is 20.2. The molecule has 4 atom stereocenters. The number of carbonyl (C=O) groups excluding carboxylic acids is 1. The Balaban J connectivity index is 1.32. The van der Waals surface area contributed by atoms with E-state index in [1.807, 2.05) is 53.2 Å². The van der Waals surface area contributed by atoms with Crippen LogP contribution in [0.25, 0.3) is 0 Å². The third-order valence-electron chi connectivity index (χ3n) is 6.27. The summed E-state index contributed by atoms with van der Waals surface area (Å²) in [7, 11) is 1.88. The van der Waals surface area contributed by atoms with Crippen LogP contribution in [0.3, 0.4) is 0 Å². The summed E-state index contributed by atoms with van der Waals surface area (Å²) in [5.41, 5.74) is 0.832. The molecule has 5 rings (SSSR count). The molecular formula is C22H30N5O2+. The van der Waals surface area contributed by atoms with Crippen molar-refractivity contribution >= 4 is 5.91 Å². The molecule has 1 aromatic heterocycles. The molecule has 4 heterocycles. The lowest BCUT2D eigenvalue weighted by molar-refractivity contribution is -0.945. The van der Waals surface area contributed by atoms with Crippen molar-refractivity contribution in [3.63, 3.8) is 0 Å². The number of para-hydroxylation sites is 1. The van der Waals surface area contributed by atoms with Crippen molar-refractivity contribution in [3.05, 3.63) is 54.9 Å². The number of carbonyl (C=O) groups is 1. The number of quaternary nitrogens is 1. The van der Waals surface area contributed by atoms with Crippen molar-refractivity contribution in [1.82, 2.24) is 19.9 Å². The van der Waals surface area contributed by atoms with Crippen LogP contribution in [0.5, 0.6) is 5.75 Å². The van der Waals surface area contributed by atoms with Gasteiger partial charge in [0.05, 0.1) is 31.7 Å². The number of nitrogens with one attached hydrogen (secondary N) is 1. The molecule has 0 saturated carbocycles. The summed E-state index contributed by atoms with van der Waals surface area (Å²) in [6.45, 7) is 7.69. The first-order valence-electron chi connectivity index (χ1n) is 10.4. The van der Waals surface area contributed by atoms with Crippen LogP contribution in [0, 0.1) is 11.8 Å². The molecular weight excluding hydrogens is 366 g/mol. The van der Waals surface area contributed by atoms with Crippen LogP contribution in [-0.4, -0.2) is 58.5 Å². The average molecular weight is 397 g/mol. The Hall–Kier alpha value is -2.67. The van der Waals surface area contributed by atoms with Crippen LogP contribution < -0.4 is 9.64 Å². The topological polar surface area (TPSA) is 64.7 Å². The van der Waals surface area contributed by atoms with Crippen LogP contribution in [0.4, 0.5) is 0 Å². The Morgan fingerprint density at radius 2 is 2.24 bits per heavy atom. The van der Waals surface area contributed by atoms with Gasteiger partial charge in [0.25, 0.3) is 0 Å². The van der Waals surface area contributed by atoms with Crippen LogP contribution >= 0.6 is 0 Å². The summed E-state index contributed by atoms with van der Waals surface area (Å²) in [4.78, 5) is 16.1. The smallest absolute Gasteiger partial charge is 0.231 e. The molecule has 0 radical (unpaired) electrons. The number of piperidine rings is 3. The Bertz CT molecular complexity index is 837. The predicted molar refractivity (Wildman–Crippen MR) is 109 cm³/mol. The highest BCUT2D eigenvalue weighted by molar-refractivity contribution is 5.79. The maximum absolute atomic E-state index is 12.8. The summed E-state index contributed by atoms with van der Waals surface area (Å²) in [6, 6.07) is 10.2. The van der Waals surface area contributed by atoms with E-state index < -0.39 is 0 Å². The molecule has 3 fully saturated rings. The first kappa shape index (κ1) is 19.6. The summed E-state index contributed by atoms with van der Waals surface area (Å²) in [6.07, 6.45) is 5.98. The van der Waals surface area contributed by atoms with Gasteiger partial charge in [-0.25, -0.2) is 4.68 Å². The van der Waals surface area contributed by atoms with E-state index in [0.717, 1.165) is 43.9 Å². The average Bonchev–Trinajstić information content (AvgIpc) is 3.20. The van der Waals surface area contributed by atoms with Gasteiger partial charge in [0, 0.05) is 26.4 Å². The summed E-state index contributed by atoms with van der Waals surface area (Å²) >= 11 is 0. The SMILES string of the molecule is C=CCN(C)C(=O)[C@H]1C[NH+]2CC[C@@H]1C[C@@H]2Cn1cc(COc2ccccc2)nn1. The molecule has 3 aliphatic rings. The number of benzene rings is 1. The Morgan fingerprint density at radius 3 is 2.97 bits per heavy atom. The molecule has 1 N–H and O–H groups in total. The predicted octanol–water partition coefficient (Wildman–Crippen LogP) is 0.795. The van der Waals surface area contributed by atoms with Crippen molar-refractivity contribution in [2.75, 3.05) is 26.7 Å². The Labute approximate surface area is 171 Å². The first-order valence-corrected chi connectivity index (χ1v) is 10.4. The van der Waals surface area contributed by atoms with Gasteiger partial charge in [-0.05, 0) is 18.1 Å². The van der Waals surface area contributed by atoms with Gasteiger partial charge < -0.3 is 14.5 Å². The first-order chi connectivity index (χ1) is 14.1. The van der Waals surface area contributed by atoms with Crippen LogP contribution in [0.1, 0.15) is 18.5 Å². The third kappa shape index (κ3) is 4.50. The van der Waals surface area contributed by atoms with E-state index in [1.165, 1.54) is 4.90 Å². The van der Waals surface area contributed by atoms with Crippen molar-refractivity contribution in [3.8, 4) is 5.75 Å². The maximum atomic E-state index is 12.8. The lowest BCUT2D eigenvalue weighted by atomic mass is 9.75. The van der Waals surface area contributed by atoms with E-state index >= 15 is 0 Å². The van der Waals surface area contributed by atoms with Gasteiger partial charge in [0.15, 0.2) is 0 Å². The summed E-state index contributed by atoms with van der Waals surface area (Å²) < 4.78 is 7.69. The number of hydrogen-bond donors (Lipinski definition) is 1. The second kappa shape index (κ2) is 8.78. The summed E-state index contributed by atoms with van der Waals surface area (Å²) in [5.74, 6) is 1.72. The quantitative estimate of drug-likeness (QED) is 0.671. The largest absolute Gasteiger partial charge is 0.487 e. The second-order valence-corrected chi connectivity index (χ2v) is 8.24. The van der Waals surface area contributed by atoms with Gasteiger partial charge in [0.2, 0.25) is 5.91 Å². The number of ether oxygens (including phenoxy) is 1. The molecule has 0 spiro atoms. The van der Waals surface area contributed by atoms with E-state index in [2.05, 4.69) is 16.9 Å². The highest BCUT2D eigenvalue weighted by Crippen LogP contribution is 2.28. The van der Waals surface area contributed by atoms with E-state index in [1.54, 1.807) is 6.08 Å². The van der Waals surface area contributed by atoms with Gasteiger partial charge in [-0.2, -0.15) is 0 Å². The number of hydrogen-bond acceptors (Lipinski definition) is 4. The minimum atomic E-state index is 0.144. The zero-order valence-electron chi connectivity index (χ0n) is 17.0. The molecule has 7 nitrogen and oxygen atoms in total. The molecule has 1 amide bonds. The molecule has 154 valence electrons. The minimum Gasteiger partial charge on any atom is -0.487 e. The van der Waals surface area contributed by atoms with Crippen LogP contribution in [0.2, 0.25) is 0 Å². The number of amides is 1. The second-order valence-electron chi connectivity index (χ2n) is 8.24. The van der Waals surface area contributed by atoms with Gasteiger partial charge in [-0.15, -0.1) is 11.7 Å². The number of aromatic nitrogens is 3. The number of likely N-dealkylation sites (N-methyl/N-ethyl adjacent to an activating group) is 1. The lowest BCUT2D eigenvalue weighted by Crippen LogP contribution is -3.20. The molecule has 29 heavy (non-hydrogen) atoms. The molecule has 1 unspecified atom stereocenters. The highest BCUT2D eigenvalue weighted by atomic mass is 16.5. The number of nitrogens with zero attached hydrogens (tertiary/aromatic N) is 4. The Kier molecular flexibility index (Phi) is 5.94. The third-order valence-corrected chi connectivity index (χ3v) is 6.27. The zero-order valence-corrected chi connectivity index (χ0v) is 17.0. The van der Waals surface area contributed by atoms with Crippen LogP contribution in [-0.2, 0) is 17.9 Å². The monoisotopic (exact) mass is 396 g/mol. The van der Waals surface area contributed by atoms with Gasteiger partial charge in [-0.3, -0.25) is 4.79 Å². The van der Waals surface area contributed by atoms with E-state index in [9.17, 15) is 4.79 Å². The van der Waals surface area contributed by atoms with Crippen molar-refractivity contribution in [2.24, 2.45) is 11.8 Å². The van der Waals surface area contributed by atoms with Gasteiger partial charge in [-0.1, -0.05) is 29.5 Å². The Morgan fingerprint density at radius 1 is 1.41 bits per heavy atom. The number of rotatable bonds is 8. The normalized spacial score (nSPS) is 25.6. The fourth-order valence-corrected chi connectivity index (χ4v) is 4.76. The molecule has 3 aliphatic heterocycles. The maximum Gasteiger partial charge on any atom is 0.231 e. The lowest BCUT2D eigenvalue weighted by Gasteiger charge is -2.46.